The molecule has 2 heterocycles. The van der Waals surface area contributed by atoms with Gasteiger partial charge in [-0.25, -0.2) is 0 Å². The van der Waals surface area contributed by atoms with Gasteiger partial charge in [0.15, 0.2) is 12.6 Å². The van der Waals surface area contributed by atoms with Gasteiger partial charge in [-0.1, -0.05) is 0 Å². The molecule has 0 aromatic heterocycles. The van der Waals surface area contributed by atoms with Crippen LogP contribution in [-0.2, 0) is 23.7 Å². The van der Waals surface area contributed by atoms with E-state index in [9.17, 15) is 45.6 Å². The van der Waals surface area contributed by atoms with Crippen LogP contribution in [0.5, 0.6) is 0 Å². The molecule has 1 aliphatic carbocycles. The molecule has 3 rings (SSSR count). The molecule has 0 radical (unpaired) electrons. The van der Waals surface area contributed by atoms with Crippen LogP contribution in [0, 0.1) is 0 Å². The van der Waals surface area contributed by atoms with Gasteiger partial charge in [-0.05, 0) is 19.4 Å². The van der Waals surface area contributed by atoms with E-state index >= 15 is 0 Å². The number of carbonyl (C=O) groups excluding carboxylic acids is 1. The first-order valence-corrected chi connectivity index (χ1v) is 13.1. The van der Waals surface area contributed by atoms with E-state index in [1.165, 1.54) is 0 Å². The van der Waals surface area contributed by atoms with Crippen molar-refractivity contribution < 1.29 is 64.6 Å². The summed E-state index contributed by atoms with van der Waals surface area (Å²) in [5.41, 5.74) is 23.1. The fraction of sp³-hybridized carbons (Fsp3) is 0.955. The van der Waals surface area contributed by atoms with Crippen LogP contribution in [0.4, 0.5) is 0 Å². The fourth-order valence-corrected chi connectivity index (χ4v) is 5.07. The number of nitrogens with one attached hydrogen (secondary N) is 1. The Balaban J connectivity index is 1.85. The van der Waals surface area contributed by atoms with E-state index in [0.717, 1.165) is 0 Å². The fourth-order valence-electron chi connectivity index (χ4n) is 5.07. The molecule has 0 bridgehead atoms. The highest BCUT2D eigenvalue weighted by atomic mass is 16.7. The van der Waals surface area contributed by atoms with Crippen molar-refractivity contribution in [2.24, 2.45) is 22.9 Å². The molecule has 2 aliphatic heterocycles. The molecule has 1 saturated carbocycles. The van der Waals surface area contributed by atoms with Crippen molar-refractivity contribution in [2.45, 2.75) is 111 Å². The third-order valence-electron chi connectivity index (χ3n) is 7.51. The van der Waals surface area contributed by atoms with E-state index in [1.54, 1.807) is 0 Å². The summed E-state index contributed by atoms with van der Waals surface area (Å²) >= 11 is 0. The number of nitrogens with two attached hydrogens (primary N) is 4. The summed E-state index contributed by atoms with van der Waals surface area (Å²) in [5.74, 6) is -0.845. The van der Waals surface area contributed by atoms with E-state index in [4.69, 9.17) is 41.9 Å². The smallest absolute Gasteiger partial charge is 0.249 e. The number of hydrogen-bond acceptors (Lipinski definition) is 17. The molecule has 17 N–H and O–H groups in total. The summed E-state index contributed by atoms with van der Waals surface area (Å²) in [5, 5.41) is 84.9. The molecule has 0 aromatic carbocycles. The lowest BCUT2D eigenvalue weighted by atomic mass is 9.83. The predicted octanol–water partition coefficient (Wildman–Crippen LogP) is -8.42. The lowest BCUT2D eigenvalue weighted by Gasteiger charge is -2.49. The van der Waals surface area contributed by atoms with Gasteiger partial charge in [0.05, 0.1) is 18.7 Å². The SMILES string of the molecule is NCCC(O)C(=O)N[C@@H]1C[C@H](N)C(O[C@H]2O[C@H](CN)[C@H](O)[C@H](O)[C@H]2O)[C@H](O)[C@@H]1O[C@H]1O[C@H](CO)[C@@H](O)[C@H](N)[C@H]1O. The summed E-state index contributed by atoms with van der Waals surface area (Å²) < 4.78 is 22.5. The average Bonchev–Trinajstić information content (AvgIpc) is 2.92. The van der Waals surface area contributed by atoms with Gasteiger partial charge >= 0.3 is 0 Å². The molecule has 16 atom stereocenters. The molecular weight excluding hydrogens is 542 g/mol. The van der Waals surface area contributed by atoms with Crippen molar-refractivity contribution in [3.8, 4) is 0 Å². The molecule has 2 unspecified atom stereocenters. The minimum atomic E-state index is -1.76. The van der Waals surface area contributed by atoms with E-state index in [1.807, 2.05) is 0 Å². The molecule has 1 amide bonds. The minimum Gasteiger partial charge on any atom is -0.394 e. The molecule has 40 heavy (non-hydrogen) atoms. The molecule has 18 nitrogen and oxygen atoms in total. The second-order valence-electron chi connectivity index (χ2n) is 10.3. The van der Waals surface area contributed by atoms with Gasteiger partial charge in [-0.2, -0.15) is 0 Å². The Morgan fingerprint density at radius 3 is 2.05 bits per heavy atom. The summed E-state index contributed by atoms with van der Waals surface area (Å²) in [4.78, 5) is 12.6. The third-order valence-corrected chi connectivity index (χ3v) is 7.51. The standard InChI is InChI=1S/C22H43N5O13/c23-2-1-8(29)20(36)27-7-3-6(25)18(39-22-16(34)15(33)13(31)9(4-24)37-22)17(35)19(7)40-21-14(32)11(26)12(30)10(5-28)38-21/h6-19,21-22,28-35H,1-5,23-26H2,(H,27,36)/t6-,7+,8?,9+,10+,11-,12+,13-,14+,15-,16+,17-,18?,19+,21+,22+/m0/s1. The van der Waals surface area contributed by atoms with Gasteiger partial charge in [0.25, 0.3) is 0 Å². The maximum Gasteiger partial charge on any atom is 0.249 e. The Morgan fingerprint density at radius 1 is 0.850 bits per heavy atom. The van der Waals surface area contributed by atoms with Crippen LogP contribution in [-0.4, -0.2) is 164 Å². The molecule has 0 spiro atoms. The third kappa shape index (κ3) is 7.06. The van der Waals surface area contributed by atoms with Crippen molar-refractivity contribution in [1.29, 1.82) is 0 Å². The first-order valence-electron chi connectivity index (χ1n) is 13.1. The molecule has 2 saturated heterocycles. The quantitative estimate of drug-likeness (QED) is 0.113. The van der Waals surface area contributed by atoms with Gasteiger partial charge in [0.2, 0.25) is 5.91 Å². The topological polar surface area (TPSA) is 332 Å². The molecule has 18 heteroatoms. The number of amides is 1. The second-order valence-corrected chi connectivity index (χ2v) is 10.3. The van der Waals surface area contributed by atoms with Crippen LogP contribution in [0.2, 0.25) is 0 Å². The first kappa shape index (κ1) is 33.3. The number of aliphatic hydroxyl groups excluding tert-OH is 8. The zero-order valence-corrected chi connectivity index (χ0v) is 21.7. The van der Waals surface area contributed by atoms with Gasteiger partial charge < -0.3 is 88.1 Å². The highest BCUT2D eigenvalue weighted by molar-refractivity contribution is 5.80. The van der Waals surface area contributed by atoms with Gasteiger partial charge in [0.1, 0.15) is 67.1 Å². The number of rotatable bonds is 10. The molecular formula is C22H43N5O13. The van der Waals surface area contributed by atoms with Crippen molar-refractivity contribution in [2.75, 3.05) is 19.7 Å². The van der Waals surface area contributed by atoms with Crippen LogP contribution in [0.1, 0.15) is 12.8 Å². The number of ether oxygens (including phenoxy) is 4. The average molecular weight is 586 g/mol. The Kier molecular flexibility index (Phi) is 11.9. The number of aliphatic hydroxyl groups is 8. The monoisotopic (exact) mass is 585 g/mol. The Bertz CT molecular complexity index is 815. The zero-order valence-electron chi connectivity index (χ0n) is 21.7. The maximum absolute atomic E-state index is 12.6. The number of hydrogen-bond donors (Lipinski definition) is 13. The van der Waals surface area contributed by atoms with Crippen molar-refractivity contribution in [3.63, 3.8) is 0 Å². The molecule has 234 valence electrons. The molecule has 3 fully saturated rings. The summed E-state index contributed by atoms with van der Waals surface area (Å²) in [6.45, 7) is -0.898. The summed E-state index contributed by atoms with van der Waals surface area (Å²) in [6, 6.07) is -3.45. The van der Waals surface area contributed by atoms with Crippen LogP contribution in [0.3, 0.4) is 0 Å². The van der Waals surface area contributed by atoms with Crippen LogP contribution in [0.25, 0.3) is 0 Å². The normalized spacial score (nSPS) is 47.0. The van der Waals surface area contributed by atoms with Crippen LogP contribution < -0.4 is 28.3 Å². The molecule has 3 aliphatic rings. The zero-order chi connectivity index (χ0) is 29.9. The number of carbonyl (C=O) groups is 1. The lowest BCUT2D eigenvalue weighted by Crippen LogP contribution is -2.69. The predicted molar refractivity (Wildman–Crippen MR) is 131 cm³/mol. The highest BCUT2D eigenvalue weighted by Crippen LogP contribution is 2.32. The summed E-state index contributed by atoms with van der Waals surface area (Å²) in [7, 11) is 0. The Labute approximate surface area is 229 Å². The van der Waals surface area contributed by atoms with Crippen molar-refractivity contribution in [1.82, 2.24) is 5.32 Å². The van der Waals surface area contributed by atoms with Crippen molar-refractivity contribution in [3.05, 3.63) is 0 Å². The highest BCUT2D eigenvalue weighted by Gasteiger charge is 2.52. The lowest BCUT2D eigenvalue weighted by molar-refractivity contribution is -0.332. The molecule has 0 aromatic rings. The van der Waals surface area contributed by atoms with E-state index in [2.05, 4.69) is 5.32 Å². The summed E-state index contributed by atoms with van der Waals surface area (Å²) in [6.07, 6.45) is -19.8. The largest absolute Gasteiger partial charge is 0.394 e. The Hall–Kier alpha value is -1.17. The van der Waals surface area contributed by atoms with Crippen LogP contribution >= 0.6 is 0 Å². The second kappa shape index (κ2) is 14.3. The Morgan fingerprint density at radius 2 is 1.45 bits per heavy atom. The van der Waals surface area contributed by atoms with Gasteiger partial charge in [-0.15, -0.1) is 0 Å². The van der Waals surface area contributed by atoms with E-state index in [0.29, 0.717) is 0 Å². The van der Waals surface area contributed by atoms with Crippen LogP contribution in [0.15, 0.2) is 0 Å². The van der Waals surface area contributed by atoms with E-state index in [-0.39, 0.29) is 25.9 Å². The minimum absolute atomic E-state index is 0.0101. The maximum atomic E-state index is 12.6. The van der Waals surface area contributed by atoms with Crippen molar-refractivity contribution >= 4 is 5.91 Å². The van der Waals surface area contributed by atoms with E-state index < -0.39 is 110 Å². The van der Waals surface area contributed by atoms with Gasteiger partial charge in [0, 0.05) is 12.6 Å². The first-order chi connectivity index (χ1) is 18.9. The van der Waals surface area contributed by atoms with Gasteiger partial charge in [-0.3, -0.25) is 4.79 Å².